The molecule has 0 bridgehead atoms. The van der Waals surface area contributed by atoms with Gasteiger partial charge < -0.3 is 43.9 Å². The van der Waals surface area contributed by atoms with Gasteiger partial charge in [-0.2, -0.15) is 0 Å². The summed E-state index contributed by atoms with van der Waals surface area (Å²) in [5.74, 6) is 0.615. The number of hydrogen-bond donors (Lipinski definition) is 1. The van der Waals surface area contributed by atoms with Crippen molar-refractivity contribution in [3.63, 3.8) is 0 Å². The Morgan fingerprint density at radius 1 is 0.661 bits per heavy atom. The highest BCUT2D eigenvalue weighted by Crippen LogP contribution is 2.24. The van der Waals surface area contributed by atoms with Gasteiger partial charge >= 0.3 is 24.0 Å². The second-order valence-corrected chi connectivity index (χ2v) is 14.1. The summed E-state index contributed by atoms with van der Waals surface area (Å²) in [6, 6.07) is 21.5. The number of ether oxygens (including phenoxy) is 4. The maximum absolute atomic E-state index is 13.3. The average molecular weight is 878 g/mol. The Hall–Kier alpha value is -5.78. The molecule has 2 fully saturated rings. The molecule has 4 amide bonds. The molecule has 0 atom stereocenters. The normalized spacial score (nSPS) is 14.0. The molecule has 2 saturated heterocycles. The predicted octanol–water partition coefficient (Wildman–Crippen LogP) is 5.49. The summed E-state index contributed by atoms with van der Waals surface area (Å²) in [7, 11) is 10.0. The van der Waals surface area contributed by atoms with Crippen LogP contribution in [0.2, 0.25) is 0 Å². The third-order valence-electron chi connectivity index (χ3n) is 9.43. The zero-order valence-electron chi connectivity index (χ0n) is 34.4. The molecule has 4 heterocycles. The number of hydrogen-bond acceptors (Lipinski definition) is 12. The molecule has 59 heavy (non-hydrogen) atoms. The monoisotopic (exact) mass is 876 g/mol. The van der Waals surface area contributed by atoms with E-state index in [1.165, 1.54) is 26.6 Å². The van der Waals surface area contributed by atoms with Crippen LogP contribution in [0.15, 0.2) is 85.2 Å². The fraction of sp³-hybridized carbons (Fsp3) is 0.381. The van der Waals surface area contributed by atoms with Gasteiger partial charge in [-0.25, -0.2) is 19.2 Å². The Labute approximate surface area is 354 Å². The van der Waals surface area contributed by atoms with Gasteiger partial charge in [-0.3, -0.25) is 14.9 Å². The molecule has 17 heteroatoms. The number of nitrogens with zero attached hydrogens (tertiary/aromatic N) is 7. The van der Waals surface area contributed by atoms with Crippen LogP contribution in [0, 0.1) is 0 Å². The number of urea groups is 2. The highest BCUT2D eigenvalue weighted by atomic mass is 79.9. The number of methoxy groups -OCH3 is 4. The van der Waals surface area contributed by atoms with Crippen molar-refractivity contribution in [3.8, 4) is 11.5 Å². The molecule has 2 aliphatic rings. The van der Waals surface area contributed by atoms with E-state index in [0.29, 0.717) is 41.0 Å². The van der Waals surface area contributed by atoms with E-state index in [1.54, 1.807) is 43.4 Å². The number of rotatable bonds is 9. The van der Waals surface area contributed by atoms with Crippen LogP contribution in [0.4, 0.5) is 21.0 Å². The lowest BCUT2D eigenvalue weighted by Crippen LogP contribution is -2.52. The first kappa shape index (κ1) is 45.9. The van der Waals surface area contributed by atoms with Crippen molar-refractivity contribution in [1.29, 1.82) is 0 Å². The number of esters is 2. The second-order valence-electron chi connectivity index (χ2n) is 13.5. The molecule has 2 aliphatic heterocycles. The van der Waals surface area contributed by atoms with Gasteiger partial charge in [0.1, 0.15) is 11.5 Å². The molecule has 2 aromatic carbocycles. The SMILES string of the molecule is COC(=O)c1ccc(CBr)nc1.COC(=O)c1ccc(CN(C(=O)N2CCN(C)CC2)c2cccc(OC)c2)nc1.COc1cccc(NC(=O)N2CCN(C)CC2)c1. The number of anilines is 2. The molecule has 316 valence electrons. The van der Waals surface area contributed by atoms with Crippen LogP contribution in [0.25, 0.3) is 0 Å². The molecule has 0 spiro atoms. The van der Waals surface area contributed by atoms with Crippen LogP contribution >= 0.6 is 15.9 Å². The number of carbonyl (C=O) groups excluding carboxylic acids is 4. The average Bonchev–Trinajstić information content (AvgIpc) is 3.28. The fourth-order valence-electron chi connectivity index (χ4n) is 5.79. The van der Waals surface area contributed by atoms with Gasteiger partial charge in [0, 0.05) is 93.6 Å². The Morgan fingerprint density at radius 2 is 1.17 bits per heavy atom. The standard InChI is InChI=1S/C21H26N4O4.C13H19N3O2.C8H8BrNO2/c1-23-9-11-24(12-10-23)21(27)25(18-5-4-6-19(13-18)28-2)15-17-8-7-16(14-22-17)20(26)29-3;1-15-6-8-16(9-7-15)13(17)14-11-4-3-5-12(10-11)18-2;1-12-8(11)6-2-3-7(4-9)10-5-6/h4-8,13-14H,9-12,15H2,1-3H3;3-5,10H,6-9H2,1-2H3,(H,14,17);2-3,5H,4H2,1H3. The minimum atomic E-state index is -0.442. The summed E-state index contributed by atoms with van der Waals surface area (Å²) in [6.45, 7) is 6.68. The van der Waals surface area contributed by atoms with Crippen molar-refractivity contribution in [1.82, 2.24) is 29.6 Å². The van der Waals surface area contributed by atoms with Crippen molar-refractivity contribution in [2.24, 2.45) is 0 Å². The number of pyridine rings is 2. The molecule has 0 radical (unpaired) electrons. The number of aromatic nitrogens is 2. The van der Waals surface area contributed by atoms with E-state index in [-0.39, 0.29) is 24.6 Å². The number of halogens is 1. The topological polar surface area (TPSA) is 159 Å². The van der Waals surface area contributed by atoms with E-state index >= 15 is 0 Å². The first-order valence-corrected chi connectivity index (χ1v) is 20.0. The maximum Gasteiger partial charge on any atom is 0.339 e. The third kappa shape index (κ3) is 14.2. The molecule has 0 saturated carbocycles. The lowest BCUT2D eigenvalue weighted by atomic mass is 10.2. The van der Waals surface area contributed by atoms with Crippen LogP contribution in [-0.2, 0) is 21.3 Å². The highest BCUT2D eigenvalue weighted by Gasteiger charge is 2.26. The Bertz CT molecular complexity index is 1950. The van der Waals surface area contributed by atoms with Crippen molar-refractivity contribution < 1.29 is 38.1 Å². The van der Waals surface area contributed by atoms with E-state index in [0.717, 1.165) is 62.1 Å². The Morgan fingerprint density at radius 3 is 1.66 bits per heavy atom. The van der Waals surface area contributed by atoms with Gasteiger partial charge in [0.2, 0.25) is 0 Å². The number of benzene rings is 2. The number of alkyl halides is 1. The summed E-state index contributed by atoms with van der Waals surface area (Å²) >= 11 is 3.26. The quantitative estimate of drug-likeness (QED) is 0.167. The Kier molecular flexibility index (Phi) is 18.4. The first-order chi connectivity index (χ1) is 28.5. The lowest BCUT2D eigenvalue weighted by molar-refractivity contribution is 0.0591. The summed E-state index contributed by atoms with van der Waals surface area (Å²) in [6.07, 6.45) is 2.97. The molecular weight excluding hydrogens is 824 g/mol. The van der Waals surface area contributed by atoms with Gasteiger partial charge in [-0.05, 0) is 62.6 Å². The van der Waals surface area contributed by atoms with E-state index < -0.39 is 5.97 Å². The van der Waals surface area contributed by atoms with E-state index in [2.05, 4.69) is 59.8 Å². The van der Waals surface area contributed by atoms with Crippen LogP contribution in [0.1, 0.15) is 32.1 Å². The molecular formula is C42H53BrN8O8. The van der Waals surface area contributed by atoms with Gasteiger partial charge in [0.25, 0.3) is 0 Å². The zero-order chi connectivity index (χ0) is 42.7. The Balaban J connectivity index is 0.000000217. The molecule has 6 rings (SSSR count). The van der Waals surface area contributed by atoms with Gasteiger partial charge in [0.15, 0.2) is 0 Å². The predicted molar refractivity (Wildman–Crippen MR) is 229 cm³/mol. The molecule has 4 aromatic rings. The van der Waals surface area contributed by atoms with Crippen molar-refractivity contribution in [3.05, 3.63) is 108 Å². The molecule has 16 nitrogen and oxygen atoms in total. The van der Waals surface area contributed by atoms with Crippen molar-refractivity contribution >= 4 is 51.3 Å². The molecule has 0 aliphatic carbocycles. The summed E-state index contributed by atoms with van der Waals surface area (Å²) < 4.78 is 19.7. The lowest BCUT2D eigenvalue weighted by Gasteiger charge is -2.36. The van der Waals surface area contributed by atoms with E-state index in [1.807, 2.05) is 58.3 Å². The first-order valence-electron chi connectivity index (χ1n) is 18.9. The fourth-order valence-corrected chi connectivity index (χ4v) is 6.12. The summed E-state index contributed by atoms with van der Waals surface area (Å²) in [5, 5.41) is 3.58. The largest absolute Gasteiger partial charge is 0.497 e. The molecule has 1 N–H and O–H groups in total. The summed E-state index contributed by atoms with van der Waals surface area (Å²) in [4.78, 5) is 66.1. The van der Waals surface area contributed by atoms with Gasteiger partial charge in [0.05, 0.1) is 57.5 Å². The third-order valence-corrected chi connectivity index (χ3v) is 10.0. The van der Waals surface area contributed by atoms with Crippen molar-refractivity contribution in [2.75, 3.05) is 105 Å². The second kappa shape index (κ2) is 23.6. The number of likely N-dealkylation sites (N-methyl/N-ethyl adjacent to an activating group) is 2. The van der Waals surface area contributed by atoms with Crippen LogP contribution in [0.5, 0.6) is 11.5 Å². The van der Waals surface area contributed by atoms with Crippen LogP contribution < -0.4 is 19.7 Å². The number of amides is 4. The zero-order valence-corrected chi connectivity index (χ0v) is 36.0. The molecule has 2 aromatic heterocycles. The summed E-state index contributed by atoms with van der Waals surface area (Å²) in [5.41, 5.74) is 3.90. The molecule has 0 unspecified atom stereocenters. The van der Waals surface area contributed by atoms with Crippen molar-refractivity contribution in [2.45, 2.75) is 11.9 Å². The highest BCUT2D eigenvalue weighted by molar-refractivity contribution is 9.08. The minimum Gasteiger partial charge on any atom is -0.497 e. The van der Waals surface area contributed by atoms with E-state index in [9.17, 15) is 19.2 Å². The number of nitrogens with one attached hydrogen (secondary N) is 1. The minimum absolute atomic E-state index is 0.0450. The number of carbonyl (C=O) groups is 4. The maximum atomic E-state index is 13.3. The van der Waals surface area contributed by atoms with E-state index in [4.69, 9.17) is 14.2 Å². The smallest absolute Gasteiger partial charge is 0.339 e. The number of piperazine rings is 2. The van der Waals surface area contributed by atoms with Crippen LogP contribution in [0.3, 0.4) is 0 Å². The van der Waals surface area contributed by atoms with Gasteiger partial charge in [-0.1, -0.05) is 28.1 Å². The van der Waals surface area contributed by atoms with Crippen LogP contribution in [-0.4, -0.2) is 148 Å². The van der Waals surface area contributed by atoms with Gasteiger partial charge in [-0.15, -0.1) is 0 Å².